The first-order valence-corrected chi connectivity index (χ1v) is 9.47. The third-order valence-electron chi connectivity index (χ3n) is 4.07. The highest BCUT2D eigenvalue weighted by atomic mass is 32.2. The number of nitrogen functional groups attached to an aromatic ring is 1. The van der Waals surface area contributed by atoms with Crippen LogP contribution >= 0.6 is 11.8 Å². The van der Waals surface area contributed by atoms with Crippen LogP contribution in [0, 0.1) is 6.92 Å². The number of nitrogens with zero attached hydrogens (tertiary/aromatic N) is 3. The second-order valence-corrected chi connectivity index (χ2v) is 7.14. The van der Waals surface area contributed by atoms with Gasteiger partial charge in [-0.05, 0) is 43.2 Å². The Morgan fingerprint density at radius 3 is 2.75 bits per heavy atom. The van der Waals surface area contributed by atoms with Gasteiger partial charge in [0, 0.05) is 24.1 Å². The summed E-state index contributed by atoms with van der Waals surface area (Å²) in [7, 11) is 0. The molecule has 3 aromatic rings. The Hall–Kier alpha value is -2.01. The number of hydrogen-bond acceptors (Lipinski definition) is 4. The van der Waals surface area contributed by atoms with Gasteiger partial charge in [0.15, 0.2) is 5.82 Å². The smallest absolute Gasteiger partial charge is 0.151 e. The summed E-state index contributed by atoms with van der Waals surface area (Å²) in [4.78, 5) is 10.3. The fraction of sp³-hybridized carbons (Fsp3) is 0.368. The molecule has 0 radical (unpaired) electrons. The van der Waals surface area contributed by atoms with Crippen LogP contribution in [0.15, 0.2) is 41.4 Å². The quantitative estimate of drug-likeness (QED) is 0.510. The first kappa shape index (κ1) is 16.8. The van der Waals surface area contributed by atoms with Crippen LogP contribution in [0.5, 0.6) is 0 Å². The molecule has 0 amide bonds. The van der Waals surface area contributed by atoms with Gasteiger partial charge in [-0.3, -0.25) is 0 Å². The van der Waals surface area contributed by atoms with Crippen LogP contribution in [0.4, 0.5) is 5.82 Å². The predicted octanol–water partition coefficient (Wildman–Crippen LogP) is 4.46. The number of benzene rings is 1. The van der Waals surface area contributed by atoms with Crippen LogP contribution in [0.2, 0.25) is 0 Å². The van der Waals surface area contributed by atoms with Crippen LogP contribution < -0.4 is 5.73 Å². The number of aryl methyl sites for hydroxylation is 3. The molecule has 0 fully saturated rings. The van der Waals surface area contributed by atoms with Gasteiger partial charge in [-0.15, -0.1) is 11.8 Å². The van der Waals surface area contributed by atoms with Gasteiger partial charge >= 0.3 is 0 Å². The first-order valence-electron chi connectivity index (χ1n) is 8.48. The molecule has 5 heteroatoms. The van der Waals surface area contributed by atoms with Crippen molar-refractivity contribution in [1.82, 2.24) is 14.5 Å². The number of hydrogen-bond donors (Lipinski definition) is 1. The number of rotatable bonds is 7. The maximum Gasteiger partial charge on any atom is 0.151 e. The van der Waals surface area contributed by atoms with Gasteiger partial charge in [-0.25, -0.2) is 9.97 Å². The van der Waals surface area contributed by atoms with Crippen molar-refractivity contribution in [2.24, 2.45) is 0 Å². The van der Waals surface area contributed by atoms with Crippen LogP contribution in [0.1, 0.15) is 31.2 Å². The Morgan fingerprint density at radius 1 is 1.21 bits per heavy atom. The van der Waals surface area contributed by atoms with E-state index in [1.807, 2.05) is 18.0 Å². The maximum absolute atomic E-state index is 6.04. The van der Waals surface area contributed by atoms with Gasteiger partial charge in [0.1, 0.15) is 11.3 Å². The van der Waals surface area contributed by atoms with E-state index >= 15 is 0 Å². The Morgan fingerprint density at radius 2 is 2.00 bits per heavy atom. The zero-order valence-corrected chi connectivity index (χ0v) is 15.1. The molecule has 0 unspecified atom stereocenters. The average Bonchev–Trinajstić information content (AvgIpc) is 2.96. The molecule has 24 heavy (non-hydrogen) atoms. The summed E-state index contributed by atoms with van der Waals surface area (Å²) in [6, 6.07) is 10.6. The average molecular weight is 340 g/mol. The molecule has 4 nitrogen and oxygen atoms in total. The topological polar surface area (TPSA) is 56.7 Å². The fourth-order valence-electron chi connectivity index (χ4n) is 2.95. The Kier molecular flexibility index (Phi) is 5.41. The van der Waals surface area contributed by atoms with E-state index in [1.165, 1.54) is 4.90 Å². The largest absolute Gasteiger partial charge is 0.382 e. The van der Waals surface area contributed by atoms with Crippen LogP contribution in [0.25, 0.3) is 11.0 Å². The molecule has 2 aromatic heterocycles. The van der Waals surface area contributed by atoms with E-state index in [-0.39, 0.29) is 0 Å². The molecule has 0 saturated carbocycles. The van der Waals surface area contributed by atoms with Crippen molar-refractivity contribution in [1.29, 1.82) is 0 Å². The minimum atomic E-state index is 0.533. The molecule has 0 aliphatic heterocycles. The summed E-state index contributed by atoms with van der Waals surface area (Å²) >= 11 is 1.90. The van der Waals surface area contributed by atoms with Crippen molar-refractivity contribution in [3.05, 3.63) is 47.9 Å². The van der Waals surface area contributed by atoms with Crippen LogP contribution in [0.3, 0.4) is 0 Å². The number of imidazole rings is 1. The van der Waals surface area contributed by atoms with Crippen molar-refractivity contribution in [3.63, 3.8) is 0 Å². The zero-order valence-electron chi connectivity index (χ0n) is 14.3. The van der Waals surface area contributed by atoms with E-state index in [4.69, 9.17) is 10.7 Å². The lowest BCUT2D eigenvalue weighted by Gasteiger charge is -2.10. The molecule has 126 valence electrons. The Bertz CT molecular complexity index is 811. The molecule has 0 saturated heterocycles. The molecular weight excluding hydrogens is 316 g/mol. The number of pyridine rings is 1. The molecule has 0 aliphatic carbocycles. The molecule has 0 spiro atoms. The number of nitrogens with two attached hydrogens (primary N) is 1. The van der Waals surface area contributed by atoms with Crippen LogP contribution in [-0.2, 0) is 13.0 Å². The summed E-state index contributed by atoms with van der Waals surface area (Å²) in [5, 5.41) is 0. The molecule has 3 rings (SSSR count). The number of aromatic nitrogens is 3. The lowest BCUT2D eigenvalue weighted by molar-refractivity contribution is 0.649. The summed E-state index contributed by atoms with van der Waals surface area (Å²) in [6.07, 6.45) is 5.00. The molecule has 0 aliphatic rings. The highest BCUT2D eigenvalue weighted by Crippen LogP contribution is 2.25. The summed E-state index contributed by atoms with van der Waals surface area (Å²) < 4.78 is 2.34. The third-order valence-corrected chi connectivity index (χ3v) is 5.17. The molecule has 1 aromatic carbocycles. The van der Waals surface area contributed by atoms with E-state index in [0.717, 1.165) is 54.0 Å². The standard InChI is InChI=1S/C19H24N4S/c1-3-8-16-22-17-18(14(2)13-21-19(17)20)23(16)11-7-12-24-15-9-5-4-6-10-15/h4-6,9-10,13H,3,7-8,11-12H2,1-2H3,(H2,20,21). The lowest BCUT2D eigenvalue weighted by Crippen LogP contribution is -2.06. The molecule has 0 bridgehead atoms. The van der Waals surface area contributed by atoms with Crippen molar-refractivity contribution in [2.75, 3.05) is 11.5 Å². The van der Waals surface area contributed by atoms with E-state index in [1.54, 1.807) is 0 Å². The lowest BCUT2D eigenvalue weighted by atomic mass is 10.2. The number of thioether (sulfide) groups is 1. The monoisotopic (exact) mass is 340 g/mol. The minimum Gasteiger partial charge on any atom is -0.382 e. The second-order valence-electron chi connectivity index (χ2n) is 5.97. The van der Waals surface area contributed by atoms with Crippen molar-refractivity contribution in [2.45, 2.75) is 44.6 Å². The van der Waals surface area contributed by atoms with E-state index in [0.29, 0.717) is 5.82 Å². The SMILES string of the molecule is CCCc1nc2c(N)ncc(C)c2n1CCCSc1ccccc1. The van der Waals surface area contributed by atoms with Gasteiger partial charge in [0.25, 0.3) is 0 Å². The predicted molar refractivity (Wildman–Crippen MR) is 102 cm³/mol. The fourth-order valence-corrected chi connectivity index (χ4v) is 3.81. The first-order chi connectivity index (χ1) is 11.7. The minimum absolute atomic E-state index is 0.533. The number of anilines is 1. The normalized spacial score (nSPS) is 11.2. The Balaban J connectivity index is 1.77. The van der Waals surface area contributed by atoms with E-state index < -0.39 is 0 Å². The van der Waals surface area contributed by atoms with E-state index in [9.17, 15) is 0 Å². The second kappa shape index (κ2) is 7.71. The summed E-state index contributed by atoms with van der Waals surface area (Å²) in [6.45, 7) is 5.24. The van der Waals surface area contributed by atoms with Gasteiger partial charge in [0.05, 0.1) is 5.52 Å². The van der Waals surface area contributed by atoms with Crippen molar-refractivity contribution >= 4 is 28.6 Å². The molecule has 2 heterocycles. The maximum atomic E-state index is 6.04. The van der Waals surface area contributed by atoms with Crippen molar-refractivity contribution in [3.8, 4) is 0 Å². The Labute approximate surface area is 147 Å². The third kappa shape index (κ3) is 3.56. The van der Waals surface area contributed by atoms with Gasteiger partial charge in [0.2, 0.25) is 0 Å². The molecular formula is C19H24N4S. The van der Waals surface area contributed by atoms with Crippen LogP contribution in [-0.4, -0.2) is 20.3 Å². The highest BCUT2D eigenvalue weighted by molar-refractivity contribution is 7.99. The van der Waals surface area contributed by atoms with Gasteiger partial charge in [-0.1, -0.05) is 25.1 Å². The highest BCUT2D eigenvalue weighted by Gasteiger charge is 2.14. The van der Waals surface area contributed by atoms with E-state index in [2.05, 4.69) is 53.7 Å². The van der Waals surface area contributed by atoms with Crippen molar-refractivity contribution < 1.29 is 0 Å². The summed E-state index contributed by atoms with van der Waals surface area (Å²) in [5.74, 6) is 2.75. The molecule has 0 atom stereocenters. The zero-order chi connectivity index (χ0) is 16.9. The van der Waals surface area contributed by atoms with Gasteiger partial charge < -0.3 is 10.3 Å². The molecule has 2 N–H and O–H groups in total. The number of fused-ring (bicyclic) bond motifs is 1. The van der Waals surface area contributed by atoms with Gasteiger partial charge in [-0.2, -0.15) is 0 Å². The summed E-state index contributed by atoms with van der Waals surface area (Å²) in [5.41, 5.74) is 9.19.